The molecular weight excluding hydrogens is 260 g/mol. The highest BCUT2D eigenvalue weighted by molar-refractivity contribution is 5.82. The molecule has 0 bridgehead atoms. The fraction of sp³-hybridized carbons (Fsp3) is 0.857. The first-order valence-electron chi connectivity index (χ1n) is 7.02. The van der Waals surface area contributed by atoms with Crippen molar-refractivity contribution in [3.05, 3.63) is 0 Å². The SMILES string of the molecule is CC(C)(C)CCOCCOCCNC(=O)CCC(N)=O. The van der Waals surface area contributed by atoms with E-state index in [2.05, 4.69) is 26.1 Å². The van der Waals surface area contributed by atoms with E-state index in [1.54, 1.807) is 0 Å². The Bertz CT molecular complexity index is 287. The van der Waals surface area contributed by atoms with Crippen molar-refractivity contribution < 1.29 is 19.1 Å². The molecule has 0 aromatic carbocycles. The smallest absolute Gasteiger partial charge is 0.220 e. The van der Waals surface area contributed by atoms with Crippen LogP contribution in [0.2, 0.25) is 0 Å². The van der Waals surface area contributed by atoms with E-state index in [-0.39, 0.29) is 24.2 Å². The van der Waals surface area contributed by atoms with Gasteiger partial charge in [0.2, 0.25) is 11.8 Å². The largest absolute Gasteiger partial charge is 0.379 e. The number of ether oxygens (including phenoxy) is 2. The lowest BCUT2D eigenvalue weighted by molar-refractivity contribution is -0.125. The Morgan fingerprint density at radius 1 is 1.00 bits per heavy atom. The van der Waals surface area contributed by atoms with Gasteiger partial charge in [-0.15, -0.1) is 0 Å². The summed E-state index contributed by atoms with van der Waals surface area (Å²) in [5.41, 5.74) is 5.23. The number of carbonyl (C=O) groups is 2. The third-order valence-electron chi connectivity index (χ3n) is 2.54. The number of amides is 2. The molecule has 0 aromatic heterocycles. The quantitative estimate of drug-likeness (QED) is 0.551. The van der Waals surface area contributed by atoms with Crippen molar-refractivity contribution in [3.63, 3.8) is 0 Å². The van der Waals surface area contributed by atoms with Crippen molar-refractivity contribution in [1.82, 2.24) is 5.32 Å². The fourth-order valence-electron chi connectivity index (χ4n) is 1.29. The second-order valence-corrected chi connectivity index (χ2v) is 5.85. The molecule has 0 aliphatic carbocycles. The van der Waals surface area contributed by atoms with Gasteiger partial charge in [-0.2, -0.15) is 0 Å². The summed E-state index contributed by atoms with van der Waals surface area (Å²) >= 11 is 0. The average Bonchev–Trinajstić information content (AvgIpc) is 2.33. The summed E-state index contributed by atoms with van der Waals surface area (Å²) < 4.78 is 10.7. The summed E-state index contributed by atoms with van der Waals surface area (Å²) in [4.78, 5) is 21.7. The van der Waals surface area contributed by atoms with E-state index in [1.807, 2.05) is 0 Å². The molecule has 0 unspecified atom stereocenters. The zero-order chi connectivity index (χ0) is 15.4. The van der Waals surface area contributed by atoms with Crippen molar-refractivity contribution in [2.45, 2.75) is 40.0 Å². The summed E-state index contributed by atoms with van der Waals surface area (Å²) in [6.45, 7) is 9.20. The zero-order valence-electron chi connectivity index (χ0n) is 12.9. The molecule has 0 rings (SSSR count). The number of nitrogens with two attached hydrogens (primary N) is 1. The molecule has 2 amide bonds. The second-order valence-electron chi connectivity index (χ2n) is 5.85. The lowest BCUT2D eigenvalue weighted by atomic mass is 9.93. The van der Waals surface area contributed by atoms with Gasteiger partial charge in [0.15, 0.2) is 0 Å². The van der Waals surface area contributed by atoms with Crippen molar-refractivity contribution in [2.75, 3.05) is 33.0 Å². The number of hydrogen-bond acceptors (Lipinski definition) is 4. The van der Waals surface area contributed by atoms with Gasteiger partial charge in [0.25, 0.3) is 0 Å². The van der Waals surface area contributed by atoms with Crippen LogP contribution in [-0.2, 0) is 19.1 Å². The Morgan fingerprint density at radius 3 is 2.15 bits per heavy atom. The van der Waals surface area contributed by atoms with Crippen molar-refractivity contribution in [3.8, 4) is 0 Å². The highest BCUT2D eigenvalue weighted by Crippen LogP contribution is 2.17. The maximum atomic E-state index is 11.2. The topological polar surface area (TPSA) is 90.7 Å². The van der Waals surface area contributed by atoms with Crippen LogP contribution in [0.15, 0.2) is 0 Å². The van der Waals surface area contributed by atoms with Crippen LogP contribution in [0.5, 0.6) is 0 Å². The molecule has 0 saturated heterocycles. The van der Waals surface area contributed by atoms with Gasteiger partial charge in [-0.1, -0.05) is 20.8 Å². The van der Waals surface area contributed by atoms with Gasteiger partial charge in [0.05, 0.1) is 19.8 Å². The van der Waals surface area contributed by atoms with E-state index < -0.39 is 5.91 Å². The van der Waals surface area contributed by atoms with Crippen LogP contribution in [0.1, 0.15) is 40.0 Å². The summed E-state index contributed by atoms with van der Waals surface area (Å²) in [6, 6.07) is 0. The highest BCUT2D eigenvalue weighted by atomic mass is 16.5. The Hall–Kier alpha value is -1.14. The maximum absolute atomic E-state index is 11.2. The molecular formula is C14H28N2O4. The molecule has 20 heavy (non-hydrogen) atoms. The lowest BCUT2D eigenvalue weighted by Gasteiger charge is -2.17. The van der Waals surface area contributed by atoms with E-state index in [0.29, 0.717) is 26.4 Å². The number of nitrogens with one attached hydrogen (secondary N) is 1. The minimum absolute atomic E-state index is 0.0777. The van der Waals surface area contributed by atoms with E-state index >= 15 is 0 Å². The number of carbonyl (C=O) groups excluding carboxylic acids is 2. The van der Waals surface area contributed by atoms with Crippen molar-refractivity contribution in [2.24, 2.45) is 11.1 Å². The van der Waals surface area contributed by atoms with Crippen LogP contribution in [0, 0.1) is 5.41 Å². The van der Waals surface area contributed by atoms with Gasteiger partial charge in [-0.25, -0.2) is 0 Å². The molecule has 0 aliphatic rings. The van der Waals surface area contributed by atoms with Crippen molar-refractivity contribution >= 4 is 11.8 Å². The third-order valence-corrected chi connectivity index (χ3v) is 2.54. The number of primary amides is 1. The van der Waals surface area contributed by atoms with Gasteiger partial charge in [0.1, 0.15) is 0 Å². The predicted molar refractivity (Wildman–Crippen MR) is 77.1 cm³/mol. The first-order valence-corrected chi connectivity index (χ1v) is 7.02. The normalized spacial score (nSPS) is 11.3. The number of hydrogen-bond donors (Lipinski definition) is 2. The zero-order valence-corrected chi connectivity index (χ0v) is 12.9. The minimum Gasteiger partial charge on any atom is -0.379 e. The van der Waals surface area contributed by atoms with Crippen LogP contribution in [0.3, 0.4) is 0 Å². The first-order chi connectivity index (χ1) is 9.31. The van der Waals surface area contributed by atoms with Crippen LogP contribution in [0.25, 0.3) is 0 Å². The molecule has 6 nitrogen and oxygen atoms in total. The van der Waals surface area contributed by atoms with Gasteiger partial charge in [-0.05, 0) is 11.8 Å². The maximum Gasteiger partial charge on any atom is 0.220 e. The Labute approximate surface area is 121 Å². The van der Waals surface area contributed by atoms with Gasteiger partial charge < -0.3 is 20.5 Å². The molecule has 0 fully saturated rings. The van der Waals surface area contributed by atoms with Crippen molar-refractivity contribution in [1.29, 1.82) is 0 Å². The molecule has 0 heterocycles. The van der Waals surface area contributed by atoms with Crippen LogP contribution >= 0.6 is 0 Å². The predicted octanol–water partition coefficient (Wildman–Crippen LogP) is 0.838. The standard InChI is InChI=1S/C14H28N2O4/c1-14(2,3)6-8-19-10-11-20-9-7-16-13(18)5-4-12(15)17/h4-11H2,1-3H3,(H2,15,17)(H,16,18). The Kier molecular flexibility index (Phi) is 10.0. The summed E-state index contributed by atoms with van der Waals surface area (Å²) in [7, 11) is 0. The molecule has 6 heteroatoms. The summed E-state index contributed by atoms with van der Waals surface area (Å²) in [6.07, 6.45) is 1.22. The fourth-order valence-corrected chi connectivity index (χ4v) is 1.29. The van der Waals surface area contributed by atoms with E-state index in [4.69, 9.17) is 15.2 Å². The minimum atomic E-state index is -0.469. The molecule has 0 aromatic rings. The third kappa shape index (κ3) is 14.9. The van der Waals surface area contributed by atoms with Gasteiger partial charge in [0, 0.05) is 26.0 Å². The van der Waals surface area contributed by atoms with Gasteiger partial charge in [-0.3, -0.25) is 9.59 Å². The molecule has 3 N–H and O–H groups in total. The van der Waals surface area contributed by atoms with Gasteiger partial charge >= 0.3 is 0 Å². The summed E-state index contributed by atoms with van der Waals surface area (Å²) in [5, 5.41) is 2.65. The van der Waals surface area contributed by atoms with Crippen LogP contribution in [0.4, 0.5) is 0 Å². The average molecular weight is 288 g/mol. The van der Waals surface area contributed by atoms with E-state index in [0.717, 1.165) is 13.0 Å². The summed E-state index contributed by atoms with van der Waals surface area (Å²) in [5.74, 6) is -0.655. The monoisotopic (exact) mass is 288 g/mol. The molecule has 0 radical (unpaired) electrons. The Balaban J connectivity index is 3.24. The van der Waals surface area contributed by atoms with E-state index in [9.17, 15) is 9.59 Å². The van der Waals surface area contributed by atoms with E-state index in [1.165, 1.54) is 0 Å². The molecule has 0 spiro atoms. The first kappa shape index (κ1) is 18.9. The Morgan fingerprint density at radius 2 is 1.60 bits per heavy atom. The molecule has 118 valence electrons. The van der Waals surface area contributed by atoms with Crippen LogP contribution < -0.4 is 11.1 Å². The molecule has 0 aliphatic heterocycles. The molecule has 0 saturated carbocycles. The second kappa shape index (κ2) is 10.6. The lowest BCUT2D eigenvalue weighted by Crippen LogP contribution is -2.28. The highest BCUT2D eigenvalue weighted by Gasteiger charge is 2.09. The molecule has 0 atom stereocenters. The van der Waals surface area contributed by atoms with Crippen LogP contribution in [-0.4, -0.2) is 44.8 Å². The number of rotatable bonds is 11.